The van der Waals surface area contributed by atoms with Gasteiger partial charge >= 0.3 is 12.0 Å². The van der Waals surface area contributed by atoms with E-state index in [1.165, 1.54) is 13.0 Å². The molecule has 0 heterocycles. The fourth-order valence-corrected chi connectivity index (χ4v) is 1.34. The summed E-state index contributed by atoms with van der Waals surface area (Å²) in [5.74, 6) is -3.06. The van der Waals surface area contributed by atoms with Crippen LogP contribution in [0.1, 0.15) is 17.3 Å². The van der Waals surface area contributed by atoms with Gasteiger partial charge in [-0.25, -0.2) is 14.0 Å². The number of carboxylic acids is 1. The minimum absolute atomic E-state index is 0.389. The van der Waals surface area contributed by atoms with Crippen LogP contribution in [0.15, 0.2) is 18.2 Å². The topological polar surface area (TPSA) is 122 Å². The van der Waals surface area contributed by atoms with Crippen molar-refractivity contribution >= 4 is 23.6 Å². The van der Waals surface area contributed by atoms with Crippen LogP contribution in [0.4, 0.5) is 14.9 Å². The van der Waals surface area contributed by atoms with Gasteiger partial charge in [-0.2, -0.15) is 0 Å². The Balaban J connectivity index is 2.96. The second-order valence-electron chi connectivity index (χ2n) is 3.69. The van der Waals surface area contributed by atoms with Crippen molar-refractivity contribution in [3.8, 4) is 0 Å². The summed E-state index contributed by atoms with van der Waals surface area (Å²) in [5, 5.41) is 13.1. The number of carbonyl (C=O) groups excluding carboxylic acids is 2. The van der Waals surface area contributed by atoms with Crippen molar-refractivity contribution in [1.82, 2.24) is 5.32 Å². The Bertz CT molecular complexity index is 533. The van der Waals surface area contributed by atoms with Gasteiger partial charge in [-0.3, -0.25) is 4.79 Å². The fourth-order valence-electron chi connectivity index (χ4n) is 1.34. The normalized spacial score (nSPS) is 11.5. The number of para-hydroxylation sites is 1. The van der Waals surface area contributed by atoms with E-state index >= 15 is 0 Å². The second-order valence-corrected chi connectivity index (χ2v) is 3.69. The Morgan fingerprint density at radius 3 is 2.53 bits per heavy atom. The van der Waals surface area contributed by atoms with E-state index in [0.29, 0.717) is 0 Å². The predicted octanol–water partition coefficient (Wildman–Crippen LogP) is 0.519. The number of rotatable bonds is 4. The number of anilines is 1. The molecule has 1 aromatic rings. The molecule has 0 aliphatic heterocycles. The van der Waals surface area contributed by atoms with Crippen LogP contribution in [0.5, 0.6) is 0 Å². The Labute approximate surface area is 107 Å². The highest BCUT2D eigenvalue weighted by molar-refractivity contribution is 6.02. The van der Waals surface area contributed by atoms with Crippen molar-refractivity contribution < 1.29 is 23.9 Å². The molecule has 102 valence electrons. The minimum Gasteiger partial charge on any atom is -0.478 e. The van der Waals surface area contributed by atoms with Crippen LogP contribution in [0, 0.1) is 5.82 Å². The first-order valence-corrected chi connectivity index (χ1v) is 5.21. The van der Waals surface area contributed by atoms with Crippen LogP contribution in [-0.2, 0) is 4.79 Å². The van der Waals surface area contributed by atoms with Crippen LogP contribution in [0.2, 0.25) is 0 Å². The summed E-state index contributed by atoms with van der Waals surface area (Å²) in [4.78, 5) is 33.1. The van der Waals surface area contributed by atoms with Gasteiger partial charge in [-0.1, -0.05) is 6.07 Å². The third kappa shape index (κ3) is 3.66. The molecule has 7 nitrogen and oxygen atoms in total. The molecule has 1 atom stereocenters. The molecule has 0 aliphatic rings. The zero-order valence-corrected chi connectivity index (χ0v) is 9.94. The molecule has 19 heavy (non-hydrogen) atoms. The second kappa shape index (κ2) is 5.80. The maximum absolute atomic E-state index is 13.5. The number of nitrogens with two attached hydrogens (primary N) is 1. The lowest BCUT2D eigenvalue weighted by molar-refractivity contribution is -0.117. The molecule has 0 bridgehead atoms. The summed E-state index contributed by atoms with van der Waals surface area (Å²) >= 11 is 0. The molecular formula is C11H12FN3O4. The standard InChI is InChI=1S/C11H12FN3O4/c1-5(14-11(13)19)9(16)15-8-6(10(17)18)3-2-4-7(8)12/h2-5H,1H3,(H,15,16)(H,17,18)(H3,13,14,19). The molecule has 0 aromatic heterocycles. The van der Waals surface area contributed by atoms with E-state index in [0.717, 1.165) is 12.1 Å². The minimum atomic E-state index is -1.38. The molecule has 5 N–H and O–H groups in total. The summed E-state index contributed by atoms with van der Waals surface area (Å²) in [5.41, 5.74) is 3.99. The van der Waals surface area contributed by atoms with Gasteiger partial charge in [-0.05, 0) is 19.1 Å². The van der Waals surface area contributed by atoms with Gasteiger partial charge in [0, 0.05) is 0 Å². The average molecular weight is 269 g/mol. The Kier molecular flexibility index (Phi) is 4.41. The van der Waals surface area contributed by atoms with Crippen LogP contribution in [0.25, 0.3) is 0 Å². The molecule has 1 unspecified atom stereocenters. The fraction of sp³-hybridized carbons (Fsp3) is 0.182. The number of nitrogens with one attached hydrogen (secondary N) is 2. The highest BCUT2D eigenvalue weighted by atomic mass is 19.1. The highest BCUT2D eigenvalue weighted by Crippen LogP contribution is 2.20. The van der Waals surface area contributed by atoms with Crippen LogP contribution in [-0.4, -0.2) is 29.1 Å². The Hall–Kier alpha value is -2.64. The van der Waals surface area contributed by atoms with Crippen molar-refractivity contribution in [1.29, 1.82) is 0 Å². The Morgan fingerprint density at radius 1 is 1.37 bits per heavy atom. The number of hydrogen-bond donors (Lipinski definition) is 4. The number of hydrogen-bond acceptors (Lipinski definition) is 3. The summed E-state index contributed by atoms with van der Waals surface area (Å²) in [6.07, 6.45) is 0. The first kappa shape index (κ1) is 14.4. The lowest BCUT2D eigenvalue weighted by atomic mass is 10.1. The van der Waals surface area contributed by atoms with Crippen molar-refractivity contribution in [2.24, 2.45) is 5.73 Å². The molecule has 0 aliphatic carbocycles. The van der Waals surface area contributed by atoms with Crippen LogP contribution < -0.4 is 16.4 Å². The molecular weight excluding hydrogens is 257 g/mol. The largest absolute Gasteiger partial charge is 0.478 e. The zero-order valence-electron chi connectivity index (χ0n) is 9.94. The number of benzene rings is 1. The number of urea groups is 1. The predicted molar refractivity (Wildman–Crippen MR) is 64.2 cm³/mol. The number of carbonyl (C=O) groups is 3. The molecule has 0 saturated heterocycles. The lowest BCUT2D eigenvalue weighted by Crippen LogP contribution is -2.44. The number of aromatic carboxylic acids is 1. The first-order valence-electron chi connectivity index (χ1n) is 5.21. The summed E-state index contributed by atoms with van der Waals surface area (Å²) < 4.78 is 13.5. The molecule has 0 saturated carbocycles. The Morgan fingerprint density at radius 2 is 2.00 bits per heavy atom. The van der Waals surface area contributed by atoms with Gasteiger partial charge in [0.25, 0.3) is 0 Å². The molecule has 3 amide bonds. The first-order chi connectivity index (χ1) is 8.82. The van der Waals surface area contributed by atoms with Gasteiger partial charge in [0.15, 0.2) is 0 Å². The van der Waals surface area contributed by atoms with Gasteiger partial charge in [0.2, 0.25) is 5.91 Å². The zero-order chi connectivity index (χ0) is 14.6. The van der Waals surface area contributed by atoms with E-state index in [-0.39, 0.29) is 5.56 Å². The number of carboxylic acid groups (broad SMARTS) is 1. The van der Waals surface area contributed by atoms with E-state index in [1.807, 2.05) is 0 Å². The van der Waals surface area contributed by atoms with E-state index < -0.39 is 35.5 Å². The van der Waals surface area contributed by atoms with Crippen molar-refractivity contribution in [2.45, 2.75) is 13.0 Å². The number of halogens is 1. The maximum atomic E-state index is 13.5. The van der Waals surface area contributed by atoms with Crippen molar-refractivity contribution in [3.05, 3.63) is 29.6 Å². The van der Waals surface area contributed by atoms with E-state index in [4.69, 9.17) is 10.8 Å². The van der Waals surface area contributed by atoms with Crippen molar-refractivity contribution in [2.75, 3.05) is 5.32 Å². The average Bonchev–Trinajstić information content (AvgIpc) is 2.30. The SMILES string of the molecule is CC(NC(N)=O)C(=O)Nc1c(F)cccc1C(=O)O. The molecule has 0 spiro atoms. The quantitative estimate of drug-likeness (QED) is 0.636. The van der Waals surface area contributed by atoms with E-state index in [1.54, 1.807) is 0 Å². The molecule has 0 radical (unpaired) electrons. The smallest absolute Gasteiger partial charge is 0.337 e. The monoisotopic (exact) mass is 269 g/mol. The van der Waals surface area contributed by atoms with Gasteiger partial charge in [0.1, 0.15) is 11.9 Å². The van der Waals surface area contributed by atoms with Crippen molar-refractivity contribution in [3.63, 3.8) is 0 Å². The van der Waals surface area contributed by atoms with Gasteiger partial charge < -0.3 is 21.5 Å². The van der Waals surface area contributed by atoms with E-state index in [9.17, 15) is 18.8 Å². The molecule has 8 heteroatoms. The van der Waals surface area contributed by atoms with Gasteiger partial charge in [0.05, 0.1) is 11.3 Å². The summed E-state index contributed by atoms with van der Waals surface area (Å²) in [6, 6.07) is 1.41. The third-order valence-corrected chi connectivity index (χ3v) is 2.24. The lowest BCUT2D eigenvalue weighted by Gasteiger charge is -2.14. The maximum Gasteiger partial charge on any atom is 0.337 e. The summed E-state index contributed by atoms with van der Waals surface area (Å²) in [7, 11) is 0. The van der Waals surface area contributed by atoms with Gasteiger partial charge in [-0.15, -0.1) is 0 Å². The van der Waals surface area contributed by atoms with Crippen LogP contribution >= 0.6 is 0 Å². The molecule has 1 aromatic carbocycles. The highest BCUT2D eigenvalue weighted by Gasteiger charge is 2.20. The third-order valence-electron chi connectivity index (χ3n) is 2.24. The molecule has 1 rings (SSSR count). The number of primary amides is 1. The summed E-state index contributed by atoms with van der Waals surface area (Å²) in [6.45, 7) is 1.32. The number of amides is 3. The molecule has 0 fully saturated rings. The van der Waals surface area contributed by atoms with Crippen LogP contribution in [0.3, 0.4) is 0 Å². The van der Waals surface area contributed by atoms with E-state index in [2.05, 4.69) is 10.6 Å².